The molecule has 0 saturated carbocycles. The van der Waals surface area contributed by atoms with Crippen molar-refractivity contribution < 1.29 is 4.52 Å². The molecule has 1 saturated heterocycles. The molecule has 3 rings (SSSR count). The minimum absolute atomic E-state index is 0. The first-order valence-electron chi connectivity index (χ1n) is 10.8. The first kappa shape index (κ1) is 24.6. The average Bonchev–Trinajstić information content (AvgIpc) is 3.20. The summed E-state index contributed by atoms with van der Waals surface area (Å²) in [5, 5.41) is 11.0. The van der Waals surface area contributed by atoms with Crippen LogP contribution in [-0.2, 0) is 13.0 Å². The zero-order valence-electron chi connectivity index (χ0n) is 18.3. The van der Waals surface area contributed by atoms with E-state index in [0.717, 1.165) is 50.8 Å². The van der Waals surface area contributed by atoms with Crippen molar-refractivity contribution >= 4 is 29.9 Å². The van der Waals surface area contributed by atoms with Gasteiger partial charge in [-0.3, -0.25) is 9.89 Å². The first-order valence-corrected chi connectivity index (χ1v) is 10.8. The van der Waals surface area contributed by atoms with E-state index in [0.29, 0.717) is 24.9 Å². The second-order valence-electron chi connectivity index (χ2n) is 7.89. The van der Waals surface area contributed by atoms with E-state index >= 15 is 0 Å². The third-order valence-electron chi connectivity index (χ3n) is 5.12. The van der Waals surface area contributed by atoms with Crippen LogP contribution in [-0.4, -0.2) is 53.2 Å². The number of nitrogens with zero attached hydrogens (tertiary/aromatic N) is 4. The first-order chi connectivity index (χ1) is 14.1. The summed E-state index contributed by atoms with van der Waals surface area (Å²) in [6, 6.07) is 11.2. The van der Waals surface area contributed by atoms with Gasteiger partial charge in [-0.15, -0.1) is 24.0 Å². The van der Waals surface area contributed by atoms with Gasteiger partial charge in [-0.05, 0) is 25.3 Å². The molecule has 30 heavy (non-hydrogen) atoms. The van der Waals surface area contributed by atoms with E-state index in [1.165, 1.54) is 5.56 Å². The van der Waals surface area contributed by atoms with Crippen molar-refractivity contribution in [1.29, 1.82) is 0 Å². The van der Waals surface area contributed by atoms with Gasteiger partial charge in [0.15, 0.2) is 11.8 Å². The van der Waals surface area contributed by atoms with Gasteiger partial charge in [0.1, 0.15) is 0 Å². The molecule has 2 heterocycles. The largest absolute Gasteiger partial charge is 0.357 e. The molecule has 1 fully saturated rings. The molecule has 0 unspecified atom stereocenters. The highest BCUT2D eigenvalue weighted by molar-refractivity contribution is 14.0. The van der Waals surface area contributed by atoms with Gasteiger partial charge in [-0.1, -0.05) is 49.3 Å². The fraction of sp³-hybridized carbons (Fsp3) is 0.591. The van der Waals surface area contributed by atoms with E-state index < -0.39 is 0 Å². The van der Waals surface area contributed by atoms with Gasteiger partial charge in [0.05, 0.1) is 6.54 Å². The summed E-state index contributed by atoms with van der Waals surface area (Å²) in [7, 11) is 0. The molecular weight excluding hydrogens is 491 g/mol. The van der Waals surface area contributed by atoms with Crippen LogP contribution in [0.5, 0.6) is 0 Å². The van der Waals surface area contributed by atoms with Gasteiger partial charge in [-0.2, -0.15) is 4.98 Å². The van der Waals surface area contributed by atoms with E-state index in [-0.39, 0.29) is 29.9 Å². The molecule has 1 aromatic carbocycles. The van der Waals surface area contributed by atoms with Gasteiger partial charge in [0.2, 0.25) is 5.89 Å². The van der Waals surface area contributed by atoms with Crippen molar-refractivity contribution in [3.8, 4) is 0 Å². The molecule has 2 N–H and O–H groups in total. The number of likely N-dealkylation sites (tertiary alicyclic amines) is 1. The van der Waals surface area contributed by atoms with Crippen molar-refractivity contribution in [2.45, 2.75) is 58.5 Å². The number of rotatable bonds is 8. The van der Waals surface area contributed by atoms with Gasteiger partial charge in [-0.25, -0.2) is 0 Å². The van der Waals surface area contributed by atoms with Crippen molar-refractivity contribution in [3.63, 3.8) is 0 Å². The third-order valence-corrected chi connectivity index (χ3v) is 5.12. The summed E-state index contributed by atoms with van der Waals surface area (Å²) in [6.45, 7) is 10.9. The Morgan fingerprint density at radius 2 is 1.97 bits per heavy atom. The summed E-state index contributed by atoms with van der Waals surface area (Å²) in [4.78, 5) is 11.6. The molecule has 0 spiro atoms. The van der Waals surface area contributed by atoms with E-state index in [1.54, 1.807) is 0 Å². The molecule has 0 atom stereocenters. The lowest BCUT2D eigenvalue weighted by atomic mass is 10.0. The Hall–Kier alpha value is -1.68. The highest BCUT2D eigenvalue weighted by Gasteiger charge is 2.20. The summed E-state index contributed by atoms with van der Waals surface area (Å²) >= 11 is 0. The van der Waals surface area contributed by atoms with E-state index in [2.05, 4.69) is 76.8 Å². The van der Waals surface area contributed by atoms with Crippen LogP contribution < -0.4 is 10.6 Å². The van der Waals surface area contributed by atoms with Crippen molar-refractivity contribution in [1.82, 2.24) is 25.7 Å². The quantitative estimate of drug-likeness (QED) is 0.311. The Labute approximate surface area is 197 Å². The van der Waals surface area contributed by atoms with Gasteiger partial charge in [0, 0.05) is 44.6 Å². The standard InChI is InChI=1S/C22H34N6O.HI/c1-4-23-22(24-13-10-20-26-21(17(2)3)27-29-20)25-19-11-14-28(15-12-19)16-18-8-6-5-7-9-18;/h5-9,17,19H,4,10-16H2,1-3H3,(H2,23,24,25);1H. The molecule has 1 aliphatic heterocycles. The summed E-state index contributed by atoms with van der Waals surface area (Å²) in [5.41, 5.74) is 1.38. The number of piperidine rings is 1. The molecule has 1 aromatic heterocycles. The number of halogens is 1. The fourth-order valence-electron chi connectivity index (χ4n) is 3.46. The Morgan fingerprint density at radius 1 is 1.23 bits per heavy atom. The predicted octanol–water partition coefficient (Wildman–Crippen LogP) is 3.57. The zero-order chi connectivity index (χ0) is 20.5. The van der Waals surface area contributed by atoms with Crippen LogP contribution >= 0.6 is 24.0 Å². The zero-order valence-corrected chi connectivity index (χ0v) is 20.6. The highest BCUT2D eigenvalue weighted by Crippen LogP contribution is 2.14. The van der Waals surface area contributed by atoms with Crippen LogP contribution in [0.2, 0.25) is 0 Å². The summed E-state index contributed by atoms with van der Waals surface area (Å²) < 4.78 is 5.30. The molecule has 2 aromatic rings. The average molecular weight is 526 g/mol. The van der Waals surface area contributed by atoms with Gasteiger partial charge >= 0.3 is 0 Å². The van der Waals surface area contributed by atoms with Crippen LogP contribution in [0.25, 0.3) is 0 Å². The second kappa shape index (κ2) is 12.9. The maximum absolute atomic E-state index is 5.30. The summed E-state index contributed by atoms with van der Waals surface area (Å²) in [6.07, 6.45) is 2.91. The van der Waals surface area contributed by atoms with Crippen LogP contribution in [0, 0.1) is 0 Å². The van der Waals surface area contributed by atoms with Crippen LogP contribution in [0.4, 0.5) is 0 Å². The van der Waals surface area contributed by atoms with Crippen molar-refractivity contribution in [2.24, 2.45) is 4.99 Å². The number of guanidine groups is 1. The molecular formula is C22H35IN6O. The van der Waals surface area contributed by atoms with Crippen LogP contribution in [0.15, 0.2) is 39.8 Å². The lowest BCUT2D eigenvalue weighted by molar-refractivity contribution is 0.198. The molecule has 0 amide bonds. The highest BCUT2D eigenvalue weighted by atomic mass is 127. The number of hydrogen-bond donors (Lipinski definition) is 2. The van der Waals surface area contributed by atoms with Gasteiger partial charge in [0.25, 0.3) is 0 Å². The lowest BCUT2D eigenvalue weighted by Gasteiger charge is -2.33. The maximum Gasteiger partial charge on any atom is 0.228 e. The monoisotopic (exact) mass is 526 g/mol. The Morgan fingerprint density at radius 3 is 2.60 bits per heavy atom. The molecule has 8 heteroatoms. The predicted molar refractivity (Wildman–Crippen MR) is 131 cm³/mol. The smallest absolute Gasteiger partial charge is 0.228 e. The molecule has 0 bridgehead atoms. The Kier molecular flexibility index (Phi) is 10.6. The topological polar surface area (TPSA) is 78.6 Å². The van der Waals surface area contributed by atoms with E-state index in [4.69, 9.17) is 9.52 Å². The lowest BCUT2D eigenvalue weighted by Crippen LogP contribution is -2.48. The van der Waals surface area contributed by atoms with E-state index in [9.17, 15) is 0 Å². The van der Waals surface area contributed by atoms with Gasteiger partial charge < -0.3 is 15.2 Å². The number of aliphatic imine (C=N–C) groups is 1. The van der Waals surface area contributed by atoms with Crippen LogP contribution in [0.1, 0.15) is 56.8 Å². The molecule has 1 aliphatic rings. The fourth-order valence-corrected chi connectivity index (χ4v) is 3.46. The molecule has 166 valence electrons. The molecule has 7 nitrogen and oxygen atoms in total. The Bertz CT molecular complexity index is 756. The molecule has 0 radical (unpaired) electrons. The minimum Gasteiger partial charge on any atom is -0.357 e. The molecule has 0 aliphatic carbocycles. The Balaban J connectivity index is 0.00000320. The number of nitrogens with one attached hydrogen (secondary N) is 2. The minimum atomic E-state index is 0. The van der Waals surface area contributed by atoms with Crippen molar-refractivity contribution in [3.05, 3.63) is 47.6 Å². The number of aromatic nitrogens is 2. The second-order valence-corrected chi connectivity index (χ2v) is 7.89. The normalized spacial score (nSPS) is 15.8. The van der Waals surface area contributed by atoms with Crippen LogP contribution in [0.3, 0.4) is 0 Å². The van der Waals surface area contributed by atoms with E-state index in [1.807, 2.05) is 0 Å². The number of benzene rings is 1. The third kappa shape index (κ3) is 7.86. The maximum atomic E-state index is 5.30. The summed E-state index contributed by atoms with van der Waals surface area (Å²) in [5.74, 6) is 2.57. The SMILES string of the molecule is CCNC(=NCCc1nc(C(C)C)no1)NC1CCN(Cc2ccccc2)CC1.I. The van der Waals surface area contributed by atoms with Crippen molar-refractivity contribution in [2.75, 3.05) is 26.2 Å². The number of hydrogen-bond acceptors (Lipinski definition) is 5.